The van der Waals surface area contributed by atoms with E-state index < -0.39 is 0 Å². The number of pyridine rings is 1. The number of fused-ring (bicyclic) bond motifs is 2. The maximum atomic E-state index is 4.09. The molecule has 4 aromatic rings. The minimum absolute atomic E-state index is 0. The van der Waals surface area contributed by atoms with E-state index in [1.54, 1.807) is 6.20 Å². The number of rotatable bonds is 0. The molecule has 0 spiro atoms. The van der Waals surface area contributed by atoms with Gasteiger partial charge in [-0.15, -0.1) is 0 Å². The summed E-state index contributed by atoms with van der Waals surface area (Å²) in [6.07, 6.45) is 5.55. The molecule has 0 saturated carbocycles. The second-order valence-electron chi connectivity index (χ2n) is 3.78. The summed E-state index contributed by atoms with van der Waals surface area (Å²) in [6, 6.07) is 14.2. The lowest BCUT2D eigenvalue weighted by molar-refractivity contribution is 1.33. The SMILES string of the molecule is [HH].c1ccc2sncc2c1.c1cnc2[nH]ccc2c1. The lowest BCUT2D eigenvalue weighted by atomic mass is 10.3. The summed E-state index contributed by atoms with van der Waals surface area (Å²) in [4.78, 5) is 7.09. The molecular weight excluding hydrogens is 242 g/mol. The molecule has 3 nitrogen and oxygen atoms in total. The molecule has 0 bridgehead atoms. The number of aromatic amines is 1. The zero-order valence-corrected chi connectivity index (χ0v) is 10.4. The van der Waals surface area contributed by atoms with Gasteiger partial charge < -0.3 is 4.98 Å². The Morgan fingerprint density at radius 1 is 1.00 bits per heavy atom. The number of H-pyrrole nitrogens is 1. The van der Waals surface area contributed by atoms with Crippen molar-refractivity contribution in [1.82, 2.24) is 14.3 Å². The number of nitrogens with zero attached hydrogens (tertiary/aromatic N) is 2. The highest BCUT2D eigenvalue weighted by Crippen LogP contribution is 2.15. The molecule has 1 aromatic carbocycles. The smallest absolute Gasteiger partial charge is 0.137 e. The molecule has 0 fully saturated rings. The highest BCUT2D eigenvalue weighted by Gasteiger charge is 1.89. The highest BCUT2D eigenvalue weighted by molar-refractivity contribution is 7.13. The van der Waals surface area contributed by atoms with Crippen molar-refractivity contribution in [2.45, 2.75) is 0 Å². The van der Waals surface area contributed by atoms with Crippen LogP contribution in [0.1, 0.15) is 1.43 Å². The Labute approximate surface area is 110 Å². The van der Waals surface area contributed by atoms with Crippen LogP contribution in [0.15, 0.2) is 61.1 Å². The van der Waals surface area contributed by atoms with Crippen LogP contribution in [0.3, 0.4) is 0 Å². The summed E-state index contributed by atoms with van der Waals surface area (Å²) in [7, 11) is 0. The van der Waals surface area contributed by atoms with E-state index in [2.05, 4.69) is 26.5 Å². The molecule has 0 atom stereocenters. The Balaban J connectivity index is 0.000000133. The van der Waals surface area contributed by atoms with Gasteiger partial charge in [0, 0.05) is 30.8 Å². The predicted molar refractivity (Wildman–Crippen MR) is 77.8 cm³/mol. The van der Waals surface area contributed by atoms with Crippen molar-refractivity contribution in [3.05, 3.63) is 61.1 Å². The molecule has 18 heavy (non-hydrogen) atoms. The first-order valence-electron chi connectivity index (χ1n) is 5.61. The van der Waals surface area contributed by atoms with E-state index in [-0.39, 0.29) is 1.43 Å². The normalized spacial score (nSPS) is 10.2. The number of aromatic nitrogens is 3. The largest absolute Gasteiger partial charge is 0.346 e. The van der Waals surface area contributed by atoms with Crippen LogP contribution in [-0.4, -0.2) is 14.3 Å². The number of nitrogens with one attached hydrogen (secondary N) is 1. The Morgan fingerprint density at radius 3 is 2.78 bits per heavy atom. The van der Waals surface area contributed by atoms with Crippen LogP contribution in [0.4, 0.5) is 0 Å². The second kappa shape index (κ2) is 4.98. The lowest BCUT2D eigenvalue weighted by Gasteiger charge is -1.82. The second-order valence-corrected chi connectivity index (χ2v) is 4.62. The molecule has 0 aliphatic heterocycles. The molecule has 1 N–H and O–H groups in total. The Hall–Kier alpha value is -2.20. The molecule has 3 aromatic heterocycles. The third-order valence-corrected chi connectivity index (χ3v) is 3.36. The Kier molecular flexibility index (Phi) is 3.02. The van der Waals surface area contributed by atoms with Crippen LogP contribution < -0.4 is 0 Å². The van der Waals surface area contributed by atoms with Crippen molar-refractivity contribution in [2.24, 2.45) is 0 Å². The molecule has 0 aliphatic carbocycles. The zero-order valence-electron chi connectivity index (χ0n) is 9.58. The third kappa shape index (κ3) is 2.24. The first kappa shape index (κ1) is 10.9. The van der Waals surface area contributed by atoms with Gasteiger partial charge in [-0.3, -0.25) is 0 Å². The van der Waals surface area contributed by atoms with E-state index in [1.807, 2.05) is 42.7 Å². The van der Waals surface area contributed by atoms with Gasteiger partial charge in [0.25, 0.3) is 0 Å². The average molecular weight is 255 g/mol. The van der Waals surface area contributed by atoms with Gasteiger partial charge in [-0.25, -0.2) is 4.98 Å². The van der Waals surface area contributed by atoms with Gasteiger partial charge in [0.15, 0.2) is 0 Å². The van der Waals surface area contributed by atoms with E-state index in [4.69, 9.17) is 0 Å². The fourth-order valence-corrected chi connectivity index (χ4v) is 2.34. The van der Waals surface area contributed by atoms with Gasteiger partial charge >= 0.3 is 0 Å². The third-order valence-electron chi connectivity index (χ3n) is 2.58. The summed E-state index contributed by atoms with van der Waals surface area (Å²) in [6.45, 7) is 0. The van der Waals surface area contributed by atoms with E-state index in [0.29, 0.717) is 0 Å². The first-order valence-corrected chi connectivity index (χ1v) is 6.38. The topological polar surface area (TPSA) is 41.6 Å². The van der Waals surface area contributed by atoms with Gasteiger partial charge in [0.05, 0.1) is 4.70 Å². The minimum atomic E-state index is 0. The number of hydrogen-bond donors (Lipinski definition) is 1. The summed E-state index contributed by atoms with van der Waals surface area (Å²) in [5.41, 5.74) is 0.956. The van der Waals surface area contributed by atoms with Gasteiger partial charge in [-0.05, 0) is 35.8 Å². The van der Waals surface area contributed by atoms with Crippen LogP contribution in [0.5, 0.6) is 0 Å². The molecule has 0 amide bonds. The van der Waals surface area contributed by atoms with Crippen LogP contribution in [-0.2, 0) is 0 Å². The van der Waals surface area contributed by atoms with Gasteiger partial charge in [-0.1, -0.05) is 18.2 Å². The lowest BCUT2D eigenvalue weighted by Crippen LogP contribution is -1.70. The number of benzene rings is 1. The molecule has 3 heterocycles. The zero-order chi connectivity index (χ0) is 12.2. The van der Waals surface area contributed by atoms with Crippen molar-refractivity contribution in [3.8, 4) is 0 Å². The van der Waals surface area contributed by atoms with Gasteiger partial charge in [0.2, 0.25) is 0 Å². The standard InChI is InChI=1S/C7H6N2.C7H5NS.H2/c1-2-6-3-5-9-7(6)8-4-1;1-2-4-7-6(3-1)5-8-9-7;/h1-5H,(H,8,9);1-5H;1H. The molecule has 0 saturated heterocycles. The van der Waals surface area contributed by atoms with Crippen molar-refractivity contribution in [1.29, 1.82) is 0 Å². The molecule has 0 unspecified atom stereocenters. The maximum absolute atomic E-state index is 4.09. The highest BCUT2D eigenvalue weighted by atomic mass is 32.1. The van der Waals surface area contributed by atoms with Crippen molar-refractivity contribution < 1.29 is 1.43 Å². The summed E-state index contributed by atoms with van der Waals surface area (Å²) < 4.78 is 5.30. The van der Waals surface area contributed by atoms with E-state index in [9.17, 15) is 0 Å². The van der Waals surface area contributed by atoms with Crippen LogP contribution in [0, 0.1) is 0 Å². The number of hydrogen-bond acceptors (Lipinski definition) is 3. The average Bonchev–Trinajstić information content (AvgIpc) is 3.08. The monoisotopic (exact) mass is 255 g/mol. The maximum Gasteiger partial charge on any atom is 0.137 e. The van der Waals surface area contributed by atoms with Crippen molar-refractivity contribution >= 4 is 32.7 Å². The molecule has 90 valence electrons. The first-order chi connectivity index (χ1) is 8.93. The fourth-order valence-electron chi connectivity index (χ4n) is 1.69. The predicted octanol–water partition coefficient (Wildman–Crippen LogP) is 4.11. The Bertz CT molecular complexity index is 637. The molecular formula is C14H13N3S. The van der Waals surface area contributed by atoms with E-state index in [1.165, 1.54) is 21.6 Å². The molecule has 4 rings (SSSR count). The van der Waals surface area contributed by atoms with Gasteiger partial charge in [-0.2, -0.15) is 4.37 Å². The van der Waals surface area contributed by atoms with Crippen LogP contribution in [0.2, 0.25) is 0 Å². The van der Waals surface area contributed by atoms with Crippen molar-refractivity contribution in [3.63, 3.8) is 0 Å². The minimum Gasteiger partial charge on any atom is -0.346 e. The quantitative estimate of drug-likeness (QED) is 0.514. The van der Waals surface area contributed by atoms with Crippen LogP contribution in [0.25, 0.3) is 21.1 Å². The van der Waals surface area contributed by atoms with Gasteiger partial charge in [0.1, 0.15) is 5.65 Å². The fraction of sp³-hybridized carbons (Fsp3) is 0. The molecule has 4 heteroatoms. The molecule has 0 radical (unpaired) electrons. The van der Waals surface area contributed by atoms with Crippen molar-refractivity contribution in [2.75, 3.05) is 0 Å². The van der Waals surface area contributed by atoms with Crippen LogP contribution >= 0.6 is 11.5 Å². The van der Waals surface area contributed by atoms with E-state index in [0.717, 1.165) is 11.0 Å². The van der Waals surface area contributed by atoms with E-state index >= 15 is 0 Å². The summed E-state index contributed by atoms with van der Waals surface area (Å²) in [5.74, 6) is 0. The molecule has 0 aliphatic rings. The Morgan fingerprint density at radius 2 is 1.89 bits per heavy atom. The summed E-state index contributed by atoms with van der Waals surface area (Å²) in [5, 5.41) is 2.40. The summed E-state index contributed by atoms with van der Waals surface area (Å²) >= 11 is 1.54.